The molecule has 0 bridgehead atoms. The lowest BCUT2D eigenvalue weighted by Crippen LogP contribution is -2.18. The van der Waals surface area contributed by atoms with Crippen molar-refractivity contribution in [2.24, 2.45) is 0 Å². The van der Waals surface area contributed by atoms with E-state index in [1.54, 1.807) is 55.6 Å². The van der Waals surface area contributed by atoms with Crippen LogP contribution in [0.4, 0.5) is 28.7 Å². The first kappa shape index (κ1) is 21.4. The molecule has 3 rings (SSSR count). The molecular weight excluding hydrogens is 402 g/mol. The van der Waals surface area contributed by atoms with Gasteiger partial charge in [-0.25, -0.2) is 14.8 Å². The van der Waals surface area contributed by atoms with E-state index in [1.807, 2.05) is 0 Å². The van der Waals surface area contributed by atoms with Crippen molar-refractivity contribution in [3.05, 3.63) is 76.1 Å². The third-order valence-corrected chi connectivity index (χ3v) is 4.51. The molecule has 2 aromatic carbocycles. The number of esters is 1. The number of hydrogen-bond acceptors (Lipinski definition) is 9. The summed E-state index contributed by atoms with van der Waals surface area (Å²) < 4.78 is 4.80. The van der Waals surface area contributed by atoms with Crippen molar-refractivity contribution >= 4 is 40.5 Å². The Bertz CT molecular complexity index is 1160. The molecule has 3 aromatic rings. The van der Waals surface area contributed by atoms with Crippen molar-refractivity contribution in [1.82, 2.24) is 9.97 Å². The average molecular weight is 421 g/mol. The van der Waals surface area contributed by atoms with Crippen molar-refractivity contribution < 1.29 is 19.2 Å². The van der Waals surface area contributed by atoms with Crippen LogP contribution in [0.5, 0.6) is 0 Å². The number of carbonyl (C=O) groups excluding carboxylic acids is 2. The molecule has 0 radical (unpaired) electrons. The summed E-state index contributed by atoms with van der Waals surface area (Å²) in [5.41, 5.74) is 1.12. The lowest BCUT2D eigenvalue weighted by Gasteiger charge is -2.21. The monoisotopic (exact) mass is 421 g/mol. The van der Waals surface area contributed by atoms with Gasteiger partial charge in [0.2, 0.25) is 11.6 Å². The van der Waals surface area contributed by atoms with Crippen LogP contribution in [0.15, 0.2) is 54.9 Å². The first-order chi connectivity index (χ1) is 14.8. The predicted octanol–water partition coefficient (Wildman–Crippen LogP) is 3.89. The maximum atomic E-state index is 12.1. The zero-order valence-corrected chi connectivity index (χ0v) is 17.0. The number of para-hydroxylation sites is 1. The molecule has 1 heterocycles. The molecule has 0 aliphatic heterocycles. The first-order valence-electron chi connectivity index (χ1n) is 9.12. The number of ether oxygens (including phenoxy) is 1. The summed E-state index contributed by atoms with van der Waals surface area (Å²) >= 11 is 0. The predicted molar refractivity (Wildman–Crippen MR) is 114 cm³/mol. The molecule has 0 saturated carbocycles. The average Bonchev–Trinajstić information content (AvgIpc) is 2.77. The molecule has 0 spiro atoms. The molecule has 10 nitrogen and oxygen atoms in total. The molecule has 1 N–H and O–H groups in total. The van der Waals surface area contributed by atoms with Gasteiger partial charge in [0.05, 0.1) is 23.3 Å². The molecule has 158 valence electrons. The zero-order valence-electron chi connectivity index (χ0n) is 17.0. The van der Waals surface area contributed by atoms with Gasteiger partial charge in [-0.1, -0.05) is 24.3 Å². The van der Waals surface area contributed by atoms with Crippen LogP contribution in [0.25, 0.3) is 0 Å². The summed E-state index contributed by atoms with van der Waals surface area (Å²) in [4.78, 5) is 44.6. The van der Waals surface area contributed by atoms with Crippen LogP contribution in [-0.2, 0) is 4.74 Å². The molecular formula is C21H19N5O5. The second kappa shape index (κ2) is 8.99. The molecule has 31 heavy (non-hydrogen) atoms. The Labute approximate surface area is 177 Å². The number of methoxy groups -OCH3 is 1. The zero-order chi connectivity index (χ0) is 22.5. The van der Waals surface area contributed by atoms with Gasteiger partial charge in [-0.15, -0.1) is 0 Å². The fourth-order valence-electron chi connectivity index (χ4n) is 2.99. The number of benzene rings is 2. The third kappa shape index (κ3) is 4.47. The SMILES string of the molecule is COC(=O)c1ccccc1N(C)c1ncnc(Nc2cccc(C(C)=O)c2)c1[N+](=O)[O-]. The fraction of sp³-hybridized carbons (Fsp3) is 0.143. The van der Waals surface area contributed by atoms with E-state index in [-0.39, 0.29) is 23.0 Å². The molecule has 10 heteroatoms. The number of nitro groups is 1. The van der Waals surface area contributed by atoms with Gasteiger partial charge >= 0.3 is 11.7 Å². The van der Waals surface area contributed by atoms with Gasteiger partial charge in [-0.2, -0.15) is 0 Å². The summed E-state index contributed by atoms with van der Waals surface area (Å²) in [6.07, 6.45) is 1.18. The lowest BCUT2D eigenvalue weighted by atomic mass is 10.1. The Morgan fingerprint density at radius 3 is 2.55 bits per heavy atom. The lowest BCUT2D eigenvalue weighted by molar-refractivity contribution is -0.383. The molecule has 0 fully saturated rings. The molecule has 0 unspecified atom stereocenters. The summed E-state index contributed by atoms with van der Waals surface area (Å²) in [5.74, 6) is -0.807. The van der Waals surface area contributed by atoms with Crippen LogP contribution in [-0.4, -0.2) is 40.8 Å². The van der Waals surface area contributed by atoms with E-state index in [9.17, 15) is 19.7 Å². The van der Waals surface area contributed by atoms with Crippen LogP contribution in [0.3, 0.4) is 0 Å². The van der Waals surface area contributed by atoms with Crippen molar-refractivity contribution in [2.45, 2.75) is 6.92 Å². The largest absolute Gasteiger partial charge is 0.465 e. The number of rotatable bonds is 7. The minimum atomic E-state index is -0.607. The Morgan fingerprint density at radius 1 is 1.13 bits per heavy atom. The highest BCUT2D eigenvalue weighted by Crippen LogP contribution is 2.37. The Balaban J connectivity index is 2.08. The Morgan fingerprint density at radius 2 is 1.87 bits per heavy atom. The van der Waals surface area contributed by atoms with Crippen LogP contribution in [0.1, 0.15) is 27.6 Å². The summed E-state index contributed by atoms with van der Waals surface area (Å²) in [5, 5.41) is 14.8. The molecule has 0 saturated heterocycles. The van der Waals surface area contributed by atoms with E-state index < -0.39 is 16.6 Å². The Kier molecular flexibility index (Phi) is 6.20. The number of hydrogen-bond donors (Lipinski definition) is 1. The number of Topliss-reactive ketones (excluding diaryl/α,β-unsaturated/α-hetero) is 1. The maximum absolute atomic E-state index is 12.1. The van der Waals surface area contributed by atoms with Crippen molar-refractivity contribution in [2.75, 3.05) is 24.4 Å². The highest BCUT2D eigenvalue weighted by atomic mass is 16.6. The van der Waals surface area contributed by atoms with E-state index in [2.05, 4.69) is 15.3 Å². The third-order valence-electron chi connectivity index (χ3n) is 4.51. The second-order valence-electron chi connectivity index (χ2n) is 6.48. The van der Waals surface area contributed by atoms with E-state index in [0.29, 0.717) is 16.9 Å². The number of anilines is 4. The van der Waals surface area contributed by atoms with E-state index in [4.69, 9.17) is 4.74 Å². The quantitative estimate of drug-likeness (QED) is 0.261. The highest BCUT2D eigenvalue weighted by Gasteiger charge is 2.28. The standard InChI is InChI=1S/C21H19N5O5/c1-13(27)14-7-6-8-15(11-14)24-19-18(26(29)30)20(23-12-22-19)25(2)17-10-5-4-9-16(17)21(28)31-3/h4-12H,1-3H3,(H,22,23,24). The van der Waals surface area contributed by atoms with E-state index in [1.165, 1.54) is 25.3 Å². The minimum absolute atomic E-state index is 0.0263. The minimum Gasteiger partial charge on any atom is -0.465 e. The van der Waals surface area contributed by atoms with Crippen molar-refractivity contribution in [3.8, 4) is 0 Å². The summed E-state index contributed by atoms with van der Waals surface area (Å²) in [6.45, 7) is 1.43. The van der Waals surface area contributed by atoms with Crippen molar-refractivity contribution in [3.63, 3.8) is 0 Å². The molecule has 0 atom stereocenters. The van der Waals surface area contributed by atoms with Gasteiger partial charge in [0, 0.05) is 18.3 Å². The number of ketones is 1. The molecule has 1 aromatic heterocycles. The highest BCUT2D eigenvalue weighted by molar-refractivity contribution is 5.97. The first-order valence-corrected chi connectivity index (χ1v) is 9.12. The summed E-state index contributed by atoms with van der Waals surface area (Å²) in [6, 6.07) is 13.1. The van der Waals surface area contributed by atoms with Gasteiger partial charge in [-0.3, -0.25) is 14.9 Å². The van der Waals surface area contributed by atoms with E-state index in [0.717, 1.165) is 0 Å². The molecule has 0 aliphatic carbocycles. The van der Waals surface area contributed by atoms with Gasteiger partial charge < -0.3 is 15.0 Å². The van der Waals surface area contributed by atoms with Crippen LogP contribution in [0, 0.1) is 10.1 Å². The number of nitrogens with one attached hydrogen (secondary N) is 1. The van der Waals surface area contributed by atoms with Gasteiger partial charge in [-0.05, 0) is 31.2 Å². The van der Waals surface area contributed by atoms with Gasteiger partial charge in [0.25, 0.3) is 0 Å². The fourth-order valence-corrected chi connectivity index (χ4v) is 2.99. The number of nitrogens with zero attached hydrogens (tertiary/aromatic N) is 4. The number of carbonyl (C=O) groups is 2. The van der Waals surface area contributed by atoms with Gasteiger partial charge in [0.15, 0.2) is 5.78 Å². The van der Waals surface area contributed by atoms with E-state index >= 15 is 0 Å². The van der Waals surface area contributed by atoms with Crippen molar-refractivity contribution in [1.29, 1.82) is 0 Å². The van der Waals surface area contributed by atoms with Gasteiger partial charge in [0.1, 0.15) is 6.33 Å². The van der Waals surface area contributed by atoms with Crippen LogP contribution in [0.2, 0.25) is 0 Å². The molecule has 0 aliphatic rings. The topological polar surface area (TPSA) is 128 Å². The maximum Gasteiger partial charge on any atom is 0.354 e. The second-order valence-corrected chi connectivity index (χ2v) is 6.48. The van der Waals surface area contributed by atoms with Crippen LogP contribution >= 0.6 is 0 Å². The Hall–Kier alpha value is -4.34. The molecule has 0 amide bonds. The van der Waals surface area contributed by atoms with Crippen LogP contribution < -0.4 is 10.2 Å². The number of aromatic nitrogens is 2. The smallest absolute Gasteiger partial charge is 0.354 e. The normalized spacial score (nSPS) is 10.3. The summed E-state index contributed by atoms with van der Waals surface area (Å²) in [7, 11) is 2.81.